The number of aromatic nitrogens is 1. The second kappa shape index (κ2) is 8.14. The van der Waals surface area contributed by atoms with Crippen molar-refractivity contribution in [2.24, 2.45) is 0 Å². The molecular formula is C26H29N3O4. The predicted molar refractivity (Wildman–Crippen MR) is 125 cm³/mol. The fourth-order valence-electron chi connectivity index (χ4n) is 5.25. The number of ether oxygens (including phenoxy) is 2. The number of benzene rings is 2. The summed E-state index contributed by atoms with van der Waals surface area (Å²) in [5.74, 6) is 1.19. The average molecular weight is 448 g/mol. The maximum atomic E-state index is 13.7. The smallest absolute Gasteiger partial charge is 0.246 e. The van der Waals surface area contributed by atoms with Crippen LogP contribution in [0.15, 0.2) is 42.5 Å². The molecule has 3 heterocycles. The molecule has 0 spiro atoms. The first-order valence-corrected chi connectivity index (χ1v) is 11.4. The Bertz CT molecular complexity index is 1230. The SMILES string of the molecule is CC[C@H](C)N1CC(=O)N2[C@@H](c3ccc(OC)c(OC)c3)c3[nH]c4ccccc4c3C[C@H]2C1=O. The van der Waals surface area contributed by atoms with Crippen LogP contribution in [-0.4, -0.2) is 59.4 Å². The van der Waals surface area contributed by atoms with Crippen LogP contribution >= 0.6 is 0 Å². The summed E-state index contributed by atoms with van der Waals surface area (Å²) < 4.78 is 11.0. The van der Waals surface area contributed by atoms with Gasteiger partial charge >= 0.3 is 0 Å². The van der Waals surface area contributed by atoms with Gasteiger partial charge in [-0.1, -0.05) is 31.2 Å². The maximum Gasteiger partial charge on any atom is 0.246 e. The molecule has 0 unspecified atom stereocenters. The van der Waals surface area contributed by atoms with E-state index in [9.17, 15) is 9.59 Å². The maximum absolute atomic E-state index is 13.7. The molecule has 1 aromatic heterocycles. The van der Waals surface area contributed by atoms with Gasteiger partial charge in [0, 0.05) is 29.1 Å². The highest BCUT2D eigenvalue weighted by Crippen LogP contribution is 2.44. The number of nitrogens with zero attached hydrogens (tertiary/aromatic N) is 2. The van der Waals surface area contributed by atoms with Crippen molar-refractivity contribution in [3.63, 3.8) is 0 Å². The minimum atomic E-state index is -0.537. The minimum absolute atomic E-state index is 0.0188. The van der Waals surface area contributed by atoms with Crippen molar-refractivity contribution in [3.05, 3.63) is 59.3 Å². The van der Waals surface area contributed by atoms with E-state index in [0.717, 1.165) is 34.1 Å². The highest BCUT2D eigenvalue weighted by molar-refractivity contribution is 5.97. The molecule has 2 amide bonds. The van der Waals surface area contributed by atoms with Gasteiger partial charge in [0.15, 0.2) is 11.5 Å². The van der Waals surface area contributed by atoms with E-state index < -0.39 is 12.1 Å². The molecule has 7 heteroatoms. The third-order valence-electron chi connectivity index (χ3n) is 7.14. The lowest BCUT2D eigenvalue weighted by atomic mass is 9.85. The number of hydrogen-bond donors (Lipinski definition) is 1. The molecule has 2 aliphatic rings. The Morgan fingerprint density at radius 2 is 1.85 bits per heavy atom. The molecule has 7 nitrogen and oxygen atoms in total. The van der Waals surface area contributed by atoms with E-state index in [1.807, 2.05) is 50.2 Å². The number of para-hydroxylation sites is 1. The third kappa shape index (κ3) is 3.25. The van der Waals surface area contributed by atoms with Gasteiger partial charge in [-0.25, -0.2) is 0 Å². The van der Waals surface area contributed by atoms with Crippen molar-refractivity contribution >= 4 is 22.7 Å². The molecule has 5 rings (SSSR count). The number of H-pyrrole nitrogens is 1. The predicted octanol–water partition coefficient (Wildman–Crippen LogP) is 3.67. The Morgan fingerprint density at radius 1 is 1.09 bits per heavy atom. The normalized spacial score (nSPS) is 21.1. The zero-order valence-corrected chi connectivity index (χ0v) is 19.4. The molecule has 2 aliphatic heterocycles. The number of rotatable bonds is 5. The van der Waals surface area contributed by atoms with Gasteiger partial charge in [-0.3, -0.25) is 9.59 Å². The second-order valence-electron chi connectivity index (χ2n) is 8.82. The first-order valence-electron chi connectivity index (χ1n) is 11.4. The number of piperazine rings is 1. The van der Waals surface area contributed by atoms with Crippen molar-refractivity contribution in [1.29, 1.82) is 0 Å². The van der Waals surface area contributed by atoms with Gasteiger partial charge in [0.1, 0.15) is 12.6 Å². The first-order chi connectivity index (χ1) is 16.0. The molecule has 3 atom stereocenters. The van der Waals surface area contributed by atoms with Crippen LogP contribution in [0.1, 0.15) is 43.1 Å². The van der Waals surface area contributed by atoms with Crippen LogP contribution in [0.5, 0.6) is 11.5 Å². The quantitative estimate of drug-likeness (QED) is 0.648. The summed E-state index contributed by atoms with van der Waals surface area (Å²) in [6.45, 7) is 4.15. The third-order valence-corrected chi connectivity index (χ3v) is 7.14. The van der Waals surface area contributed by atoms with Crippen molar-refractivity contribution in [3.8, 4) is 11.5 Å². The van der Waals surface area contributed by atoms with Crippen LogP contribution in [0.3, 0.4) is 0 Å². The summed E-state index contributed by atoms with van der Waals surface area (Å²) >= 11 is 0. The second-order valence-corrected chi connectivity index (χ2v) is 8.82. The molecule has 3 aromatic rings. The fourth-order valence-corrected chi connectivity index (χ4v) is 5.25. The lowest BCUT2D eigenvalue weighted by Crippen LogP contribution is -2.64. The van der Waals surface area contributed by atoms with E-state index in [-0.39, 0.29) is 24.4 Å². The zero-order chi connectivity index (χ0) is 23.3. The highest BCUT2D eigenvalue weighted by Gasteiger charge is 2.49. The van der Waals surface area contributed by atoms with Crippen LogP contribution in [0.2, 0.25) is 0 Å². The van der Waals surface area contributed by atoms with E-state index in [4.69, 9.17) is 9.47 Å². The van der Waals surface area contributed by atoms with Gasteiger partial charge in [-0.05, 0) is 42.7 Å². The summed E-state index contributed by atoms with van der Waals surface area (Å²) in [5, 5.41) is 1.10. The summed E-state index contributed by atoms with van der Waals surface area (Å²) in [6, 6.07) is 12.9. The summed E-state index contributed by atoms with van der Waals surface area (Å²) in [6.07, 6.45) is 1.31. The zero-order valence-electron chi connectivity index (χ0n) is 19.4. The number of methoxy groups -OCH3 is 2. The lowest BCUT2D eigenvalue weighted by molar-refractivity contribution is -0.160. The number of aromatic amines is 1. The lowest BCUT2D eigenvalue weighted by Gasteiger charge is -2.48. The summed E-state index contributed by atoms with van der Waals surface area (Å²) in [5.41, 5.74) is 3.94. The van der Waals surface area contributed by atoms with Gasteiger partial charge in [0.25, 0.3) is 0 Å². The standard InChI is InChI=1S/C26H29N3O4/c1-5-15(2)28-14-23(30)29-20(26(28)31)13-18-17-8-6-7-9-19(17)27-24(18)25(29)16-10-11-21(32-3)22(12-16)33-4/h6-12,15,20,25,27H,5,13-14H2,1-4H3/t15-,20-,25-/m0/s1. The van der Waals surface area contributed by atoms with E-state index in [1.54, 1.807) is 24.0 Å². The van der Waals surface area contributed by atoms with Crippen LogP contribution in [0.25, 0.3) is 10.9 Å². The molecule has 1 fully saturated rings. The van der Waals surface area contributed by atoms with Gasteiger partial charge in [0.2, 0.25) is 11.8 Å². The molecule has 0 radical (unpaired) electrons. The van der Waals surface area contributed by atoms with Crippen LogP contribution in [0, 0.1) is 0 Å². The van der Waals surface area contributed by atoms with E-state index in [1.165, 1.54) is 0 Å². The average Bonchev–Trinajstić information content (AvgIpc) is 3.22. The van der Waals surface area contributed by atoms with Gasteiger partial charge in [0.05, 0.1) is 20.3 Å². The van der Waals surface area contributed by atoms with Crippen molar-refractivity contribution in [2.45, 2.75) is 44.8 Å². The Kier molecular flexibility index (Phi) is 5.27. The molecule has 172 valence electrons. The number of nitrogens with one attached hydrogen (secondary N) is 1. The number of hydrogen-bond acceptors (Lipinski definition) is 4. The molecule has 1 saturated heterocycles. The highest BCUT2D eigenvalue weighted by atomic mass is 16.5. The number of amides is 2. The summed E-state index contributed by atoms with van der Waals surface area (Å²) in [7, 11) is 3.19. The van der Waals surface area contributed by atoms with E-state index in [0.29, 0.717) is 17.9 Å². The molecule has 0 aliphatic carbocycles. The first kappa shape index (κ1) is 21.4. The topological polar surface area (TPSA) is 74.9 Å². The van der Waals surface area contributed by atoms with Crippen LogP contribution < -0.4 is 9.47 Å². The molecular weight excluding hydrogens is 418 g/mol. The Morgan fingerprint density at radius 3 is 2.58 bits per heavy atom. The van der Waals surface area contributed by atoms with Crippen LogP contribution in [-0.2, 0) is 16.0 Å². The Hall–Kier alpha value is -3.48. The van der Waals surface area contributed by atoms with Crippen molar-refractivity contribution in [2.75, 3.05) is 20.8 Å². The fraction of sp³-hybridized carbons (Fsp3) is 0.385. The van der Waals surface area contributed by atoms with Gasteiger partial charge < -0.3 is 24.3 Å². The molecule has 1 N–H and O–H groups in total. The molecule has 2 aromatic carbocycles. The largest absolute Gasteiger partial charge is 0.493 e. The molecule has 33 heavy (non-hydrogen) atoms. The minimum Gasteiger partial charge on any atom is -0.493 e. The van der Waals surface area contributed by atoms with Gasteiger partial charge in [-0.15, -0.1) is 0 Å². The van der Waals surface area contributed by atoms with Crippen molar-refractivity contribution in [1.82, 2.24) is 14.8 Å². The number of fused-ring (bicyclic) bond motifs is 4. The number of carbonyl (C=O) groups excluding carboxylic acids is 2. The van der Waals surface area contributed by atoms with E-state index in [2.05, 4.69) is 11.1 Å². The molecule has 0 saturated carbocycles. The van der Waals surface area contributed by atoms with Gasteiger partial charge in [-0.2, -0.15) is 0 Å². The molecule has 0 bridgehead atoms. The van der Waals surface area contributed by atoms with Crippen molar-refractivity contribution < 1.29 is 19.1 Å². The number of carbonyl (C=O) groups is 2. The Balaban J connectivity index is 1.70. The monoisotopic (exact) mass is 447 g/mol. The Labute approximate surface area is 193 Å². The summed E-state index contributed by atoms with van der Waals surface area (Å²) in [4.78, 5) is 34.3. The van der Waals surface area contributed by atoms with Crippen LogP contribution in [0.4, 0.5) is 0 Å². The van der Waals surface area contributed by atoms with E-state index >= 15 is 0 Å².